The number of hydrogen-bond acceptors (Lipinski definition) is 2. The zero-order chi connectivity index (χ0) is 10.6. The summed E-state index contributed by atoms with van der Waals surface area (Å²) in [7, 11) is 1.79. The molecule has 0 aliphatic rings. The Balaban J connectivity index is 3.14. The van der Waals surface area contributed by atoms with Crippen LogP contribution in [-0.4, -0.2) is 13.6 Å². The summed E-state index contributed by atoms with van der Waals surface area (Å²) < 4.78 is 13.2. The first-order valence-electron chi connectivity index (χ1n) is 4.21. The highest BCUT2D eigenvalue weighted by Gasteiger charge is 2.09. The topological polar surface area (TPSA) is 27.0 Å². The lowest BCUT2D eigenvalue weighted by Gasteiger charge is -2.18. The standard InChI is InChI=1S/C11H11FN2/c1-3-7-14(2)11-6-4-5-10(12)9(11)8-13/h3-6H,1,7H2,2H3. The zero-order valence-corrected chi connectivity index (χ0v) is 8.00. The second kappa shape index (κ2) is 4.43. The minimum absolute atomic E-state index is 0.0804. The van der Waals surface area contributed by atoms with E-state index < -0.39 is 5.82 Å². The fourth-order valence-electron chi connectivity index (χ4n) is 1.23. The summed E-state index contributed by atoms with van der Waals surface area (Å²) in [6.45, 7) is 4.17. The van der Waals surface area contributed by atoms with Crippen LogP contribution in [0.3, 0.4) is 0 Å². The summed E-state index contributed by atoms with van der Waals surface area (Å²) >= 11 is 0. The molecule has 1 rings (SSSR count). The molecular weight excluding hydrogens is 179 g/mol. The predicted octanol–water partition coefficient (Wildman–Crippen LogP) is 2.32. The van der Waals surface area contributed by atoms with Gasteiger partial charge in [-0.2, -0.15) is 5.26 Å². The average Bonchev–Trinajstić information content (AvgIpc) is 2.17. The minimum Gasteiger partial charge on any atom is -0.370 e. The van der Waals surface area contributed by atoms with Gasteiger partial charge in [-0.1, -0.05) is 12.1 Å². The Hall–Kier alpha value is -1.82. The van der Waals surface area contributed by atoms with Gasteiger partial charge in [0, 0.05) is 13.6 Å². The number of hydrogen-bond donors (Lipinski definition) is 0. The Morgan fingerprint density at radius 3 is 2.93 bits per heavy atom. The quantitative estimate of drug-likeness (QED) is 0.684. The van der Waals surface area contributed by atoms with Crippen molar-refractivity contribution in [3.05, 3.63) is 42.2 Å². The molecule has 0 atom stereocenters. The first-order chi connectivity index (χ1) is 6.70. The normalized spacial score (nSPS) is 9.21. The molecule has 14 heavy (non-hydrogen) atoms. The molecule has 3 heteroatoms. The van der Waals surface area contributed by atoms with Crippen LogP contribution in [0.1, 0.15) is 5.56 Å². The molecule has 72 valence electrons. The molecule has 0 amide bonds. The molecule has 0 aromatic heterocycles. The molecule has 0 bridgehead atoms. The van der Waals surface area contributed by atoms with Crippen LogP contribution in [0.25, 0.3) is 0 Å². The van der Waals surface area contributed by atoms with Gasteiger partial charge in [0.15, 0.2) is 0 Å². The highest BCUT2D eigenvalue weighted by molar-refractivity contribution is 5.59. The van der Waals surface area contributed by atoms with Gasteiger partial charge in [-0.25, -0.2) is 4.39 Å². The summed E-state index contributed by atoms with van der Waals surface area (Å²) in [4.78, 5) is 1.77. The van der Waals surface area contributed by atoms with Gasteiger partial charge in [0.25, 0.3) is 0 Å². The molecule has 0 N–H and O–H groups in total. The highest BCUT2D eigenvalue weighted by Crippen LogP contribution is 2.20. The zero-order valence-electron chi connectivity index (χ0n) is 8.00. The third-order valence-corrected chi connectivity index (χ3v) is 1.92. The van der Waals surface area contributed by atoms with Gasteiger partial charge in [-0.15, -0.1) is 6.58 Å². The minimum atomic E-state index is -0.485. The monoisotopic (exact) mass is 190 g/mol. The maximum atomic E-state index is 13.2. The van der Waals surface area contributed by atoms with Crippen molar-refractivity contribution in [3.8, 4) is 6.07 Å². The third-order valence-electron chi connectivity index (χ3n) is 1.92. The molecule has 0 fully saturated rings. The maximum Gasteiger partial charge on any atom is 0.143 e. The van der Waals surface area contributed by atoms with Crippen molar-refractivity contribution in [2.24, 2.45) is 0 Å². The van der Waals surface area contributed by atoms with Gasteiger partial charge in [0.2, 0.25) is 0 Å². The van der Waals surface area contributed by atoms with E-state index in [1.54, 1.807) is 30.2 Å². The van der Waals surface area contributed by atoms with Crippen molar-refractivity contribution in [1.29, 1.82) is 5.26 Å². The maximum absolute atomic E-state index is 13.2. The van der Waals surface area contributed by atoms with Gasteiger partial charge < -0.3 is 4.90 Å². The van der Waals surface area contributed by atoms with Crippen LogP contribution in [0.2, 0.25) is 0 Å². The van der Waals surface area contributed by atoms with Crippen LogP contribution < -0.4 is 4.90 Å². The van der Waals surface area contributed by atoms with E-state index in [0.717, 1.165) is 0 Å². The van der Waals surface area contributed by atoms with E-state index >= 15 is 0 Å². The third kappa shape index (κ3) is 1.91. The fraction of sp³-hybridized carbons (Fsp3) is 0.182. The number of anilines is 1. The van der Waals surface area contributed by atoms with E-state index in [1.165, 1.54) is 6.07 Å². The molecule has 0 aliphatic heterocycles. The van der Waals surface area contributed by atoms with E-state index in [2.05, 4.69) is 6.58 Å². The van der Waals surface area contributed by atoms with Crippen molar-refractivity contribution in [2.75, 3.05) is 18.5 Å². The average molecular weight is 190 g/mol. The van der Waals surface area contributed by atoms with Crippen LogP contribution in [-0.2, 0) is 0 Å². The van der Waals surface area contributed by atoms with Crippen molar-refractivity contribution < 1.29 is 4.39 Å². The summed E-state index contributed by atoms with van der Waals surface area (Å²) in [5, 5.41) is 8.77. The molecule has 1 aromatic carbocycles. The summed E-state index contributed by atoms with van der Waals surface area (Å²) in [5.41, 5.74) is 0.671. The van der Waals surface area contributed by atoms with Gasteiger partial charge in [0.05, 0.1) is 5.69 Å². The Bertz CT molecular complexity index is 379. The number of nitriles is 1. The van der Waals surface area contributed by atoms with Crippen LogP contribution in [0.15, 0.2) is 30.9 Å². The number of halogens is 1. The molecule has 0 spiro atoms. The predicted molar refractivity (Wildman–Crippen MR) is 54.6 cm³/mol. The SMILES string of the molecule is C=CCN(C)c1cccc(F)c1C#N. The second-order valence-corrected chi connectivity index (χ2v) is 2.91. The van der Waals surface area contributed by atoms with E-state index in [1.807, 2.05) is 6.07 Å². The summed E-state index contributed by atoms with van der Waals surface area (Å²) in [6.07, 6.45) is 1.70. The largest absolute Gasteiger partial charge is 0.370 e. The van der Waals surface area contributed by atoms with Crippen molar-refractivity contribution >= 4 is 5.69 Å². The molecule has 0 saturated heterocycles. The fourth-order valence-corrected chi connectivity index (χ4v) is 1.23. The van der Waals surface area contributed by atoms with Gasteiger partial charge in [-0.3, -0.25) is 0 Å². The highest BCUT2D eigenvalue weighted by atomic mass is 19.1. The first kappa shape index (κ1) is 10.3. The van der Waals surface area contributed by atoms with Gasteiger partial charge >= 0.3 is 0 Å². The molecule has 2 nitrogen and oxygen atoms in total. The Kier molecular flexibility index (Phi) is 3.24. The summed E-state index contributed by atoms with van der Waals surface area (Å²) in [6, 6.07) is 6.44. The van der Waals surface area contributed by atoms with E-state index in [0.29, 0.717) is 12.2 Å². The number of benzene rings is 1. The Morgan fingerprint density at radius 1 is 1.64 bits per heavy atom. The van der Waals surface area contributed by atoms with E-state index in [4.69, 9.17) is 5.26 Å². The number of rotatable bonds is 3. The Labute approximate surface area is 82.9 Å². The molecule has 0 aliphatic carbocycles. The second-order valence-electron chi connectivity index (χ2n) is 2.91. The summed E-state index contributed by atoms with van der Waals surface area (Å²) in [5.74, 6) is -0.485. The molecule has 0 heterocycles. The van der Waals surface area contributed by atoms with Crippen molar-refractivity contribution in [2.45, 2.75) is 0 Å². The van der Waals surface area contributed by atoms with Crippen LogP contribution >= 0.6 is 0 Å². The molecular formula is C11H11FN2. The van der Waals surface area contributed by atoms with Gasteiger partial charge in [-0.05, 0) is 12.1 Å². The van der Waals surface area contributed by atoms with Gasteiger partial charge in [0.1, 0.15) is 17.4 Å². The van der Waals surface area contributed by atoms with E-state index in [-0.39, 0.29) is 5.56 Å². The number of nitrogens with zero attached hydrogens (tertiary/aromatic N) is 2. The molecule has 0 saturated carbocycles. The van der Waals surface area contributed by atoms with Crippen LogP contribution in [0, 0.1) is 17.1 Å². The lowest BCUT2D eigenvalue weighted by molar-refractivity contribution is 0.623. The molecule has 0 unspecified atom stereocenters. The van der Waals surface area contributed by atoms with E-state index in [9.17, 15) is 4.39 Å². The Morgan fingerprint density at radius 2 is 2.36 bits per heavy atom. The smallest absolute Gasteiger partial charge is 0.143 e. The first-order valence-corrected chi connectivity index (χ1v) is 4.21. The lowest BCUT2D eigenvalue weighted by atomic mass is 10.1. The van der Waals surface area contributed by atoms with Crippen molar-refractivity contribution in [3.63, 3.8) is 0 Å². The number of likely N-dealkylation sites (N-methyl/N-ethyl adjacent to an activating group) is 1. The molecule has 1 aromatic rings. The van der Waals surface area contributed by atoms with Crippen LogP contribution in [0.5, 0.6) is 0 Å². The van der Waals surface area contributed by atoms with Crippen LogP contribution in [0.4, 0.5) is 10.1 Å². The van der Waals surface area contributed by atoms with Crippen molar-refractivity contribution in [1.82, 2.24) is 0 Å². The lowest BCUT2D eigenvalue weighted by Crippen LogP contribution is -2.18. The molecule has 0 radical (unpaired) electrons.